The van der Waals surface area contributed by atoms with Gasteiger partial charge in [0.05, 0.1) is 6.54 Å². The number of aromatic nitrogens is 2. The van der Waals surface area contributed by atoms with Crippen molar-refractivity contribution in [1.82, 2.24) is 15.3 Å². The number of nitrogens with one attached hydrogen (secondary N) is 3. The van der Waals surface area contributed by atoms with Gasteiger partial charge in [-0.3, -0.25) is 5.32 Å². The van der Waals surface area contributed by atoms with Gasteiger partial charge in [0, 0.05) is 17.1 Å². The van der Waals surface area contributed by atoms with E-state index in [0.29, 0.717) is 23.6 Å². The summed E-state index contributed by atoms with van der Waals surface area (Å²) in [6, 6.07) is 18.0. The van der Waals surface area contributed by atoms with Crippen LogP contribution in [0.5, 0.6) is 0 Å². The molecule has 1 heterocycles. The molecule has 0 atom stereocenters. The van der Waals surface area contributed by atoms with Gasteiger partial charge in [0.25, 0.3) is 0 Å². The lowest BCUT2D eigenvalue weighted by molar-refractivity contribution is 1.03. The van der Waals surface area contributed by atoms with Crippen molar-refractivity contribution in [2.75, 3.05) is 10.6 Å². The van der Waals surface area contributed by atoms with Crippen LogP contribution in [0.1, 0.15) is 28.1 Å². The zero-order chi connectivity index (χ0) is 21.5. The lowest BCUT2D eigenvalue weighted by atomic mass is 10.1. The zero-order valence-corrected chi connectivity index (χ0v) is 18.5. The Hall–Kier alpha value is -3.32. The van der Waals surface area contributed by atoms with Crippen LogP contribution in [0.15, 0.2) is 59.6 Å². The number of nitrogens with zero attached hydrogens (tertiary/aromatic N) is 3. The maximum Gasteiger partial charge on any atom is 0.229 e. The van der Waals surface area contributed by atoms with Crippen LogP contribution in [0.2, 0.25) is 0 Å². The fourth-order valence-electron chi connectivity index (χ4n) is 2.90. The largest absolute Gasteiger partial charge is 0.332 e. The highest BCUT2D eigenvalue weighted by atomic mass is 32.1. The number of hydrogen-bond acceptors (Lipinski definition) is 4. The maximum absolute atomic E-state index is 5.53. The minimum absolute atomic E-state index is 0.437. The highest BCUT2D eigenvalue weighted by molar-refractivity contribution is 7.80. The van der Waals surface area contributed by atoms with Gasteiger partial charge in [-0.2, -0.15) is 0 Å². The number of thiocarbonyl (C=S) groups is 1. The Bertz CT molecular complexity index is 1040. The summed E-state index contributed by atoms with van der Waals surface area (Å²) < 4.78 is 0. The van der Waals surface area contributed by atoms with E-state index in [1.54, 1.807) is 0 Å². The fourth-order valence-corrected chi connectivity index (χ4v) is 3.11. The van der Waals surface area contributed by atoms with Crippen molar-refractivity contribution in [2.45, 2.75) is 34.2 Å². The van der Waals surface area contributed by atoms with Crippen molar-refractivity contribution in [3.63, 3.8) is 0 Å². The first-order valence-corrected chi connectivity index (χ1v) is 10.1. The van der Waals surface area contributed by atoms with E-state index in [9.17, 15) is 0 Å². The van der Waals surface area contributed by atoms with Crippen molar-refractivity contribution >= 4 is 34.9 Å². The van der Waals surface area contributed by atoms with Gasteiger partial charge in [-0.25, -0.2) is 15.0 Å². The number of aryl methyl sites for hydroxylation is 3. The standard InChI is InChI=1S/C23H26N6S/c1-15-9-8-12-20(18(15)4)27-23(30)29-21(24-14-19-10-6-5-7-11-19)28-22-25-16(2)13-17(3)26-22/h5-13H,14H2,1-4H3,(H3,24,25,26,27,28,29,30). The lowest BCUT2D eigenvalue weighted by Gasteiger charge is -2.16. The van der Waals surface area contributed by atoms with Crippen molar-refractivity contribution in [1.29, 1.82) is 0 Å². The third-order valence-corrected chi connectivity index (χ3v) is 4.76. The monoisotopic (exact) mass is 418 g/mol. The van der Waals surface area contributed by atoms with Crippen molar-refractivity contribution in [2.24, 2.45) is 4.99 Å². The van der Waals surface area contributed by atoms with E-state index in [-0.39, 0.29) is 0 Å². The summed E-state index contributed by atoms with van der Waals surface area (Å²) in [5.41, 5.74) is 6.15. The molecule has 0 unspecified atom stereocenters. The van der Waals surface area contributed by atoms with Crippen molar-refractivity contribution in [3.8, 4) is 0 Å². The Morgan fingerprint density at radius 3 is 2.30 bits per heavy atom. The van der Waals surface area contributed by atoms with Gasteiger partial charge in [0.15, 0.2) is 5.11 Å². The van der Waals surface area contributed by atoms with Gasteiger partial charge in [-0.1, -0.05) is 42.5 Å². The molecule has 0 saturated carbocycles. The molecule has 0 aliphatic heterocycles. The lowest BCUT2D eigenvalue weighted by Crippen LogP contribution is -2.39. The second-order valence-corrected chi connectivity index (χ2v) is 7.48. The molecule has 0 bridgehead atoms. The van der Waals surface area contributed by atoms with Crippen LogP contribution in [0.25, 0.3) is 0 Å². The summed E-state index contributed by atoms with van der Waals surface area (Å²) in [7, 11) is 0. The smallest absolute Gasteiger partial charge is 0.229 e. The molecule has 30 heavy (non-hydrogen) atoms. The van der Waals surface area contributed by atoms with Crippen LogP contribution in [0.3, 0.4) is 0 Å². The topological polar surface area (TPSA) is 74.2 Å². The van der Waals surface area contributed by atoms with Crippen LogP contribution >= 0.6 is 12.2 Å². The van der Waals surface area contributed by atoms with E-state index >= 15 is 0 Å². The highest BCUT2D eigenvalue weighted by Crippen LogP contribution is 2.17. The number of anilines is 2. The summed E-state index contributed by atoms with van der Waals surface area (Å²) in [5.74, 6) is 0.952. The third-order valence-electron chi connectivity index (χ3n) is 4.56. The molecule has 0 spiro atoms. The average molecular weight is 419 g/mol. The predicted octanol–water partition coefficient (Wildman–Crippen LogP) is 4.66. The quantitative estimate of drug-likeness (QED) is 0.325. The summed E-state index contributed by atoms with van der Waals surface area (Å²) in [4.78, 5) is 13.5. The van der Waals surface area contributed by atoms with E-state index in [4.69, 9.17) is 12.2 Å². The average Bonchev–Trinajstić information content (AvgIpc) is 2.70. The Labute approximate surface area is 182 Å². The predicted molar refractivity (Wildman–Crippen MR) is 128 cm³/mol. The minimum atomic E-state index is 0.437. The molecule has 0 aliphatic rings. The van der Waals surface area contributed by atoms with Crippen molar-refractivity contribution in [3.05, 3.63) is 82.7 Å². The molecule has 0 aliphatic carbocycles. The molecule has 3 rings (SSSR count). The molecule has 2 aromatic carbocycles. The van der Waals surface area contributed by atoms with Gasteiger partial charge >= 0.3 is 0 Å². The molecular formula is C23H26N6S. The molecule has 6 nitrogen and oxygen atoms in total. The van der Waals surface area contributed by atoms with Gasteiger partial charge in [-0.15, -0.1) is 0 Å². The molecule has 0 fully saturated rings. The Balaban J connectivity index is 1.79. The first kappa shape index (κ1) is 21.4. The summed E-state index contributed by atoms with van der Waals surface area (Å²) in [6.45, 7) is 8.49. The highest BCUT2D eigenvalue weighted by Gasteiger charge is 2.09. The Morgan fingerprint density at radius 2 is 1.60 bits per heavy atom. The summed E-state index contributed by atoms with van der Waals surface area (Å²) in [5, 5.41) is 10.00. The van der Waals surface area contributed by atoms with Crippen LogP contribution in [-0.4, -0.2) is 21.0 Å². The number of benzene rings is 2. The van der Waals surface area contributed by atoms with E-state index in [1.807, 2.05) is 62.4 Å². The van der Waals surface area contributed by atoms with Gasteiger partial charge < -0.3 is 10.6 Å². The van der Waals surface area contributed by atoms with Crippen molar-refractivity contribution < 1.29 is 0 Å². The van der Waals surface area contributed by atoms with E-state index in [0.717, 1.165) is 28.2 Å². The van der Waals surface area contributed by atoms with Gasteiger partial charge in [0.1, 0.15) is 0 Å². The molecule has 0 radical (unpaired) electrons. The van der Waals surface area contributed by atoms with E-state index < -0.39 is 0 Å². The van der Waals surface area contributed by atoms with Crippen LogP contribution in [-0.2, 0) is 6.54 Å². The maximum atomic E-state index is 5.53. The molecule has 3 N–H and O–H groups in total. The molecular weight excluding hydrogens is 392 g/mol. The SMILES string of the molecule is Cc1cc(C)nc(NC(=NCc2ccccc2)NC(=S)Nc2cccc(C)c2C)n1. The van der Waals surface area contributed by atoms with Crippen LogP contribution in [0.4, 0.5) is 11.6 Å². The fraction of sp³-hybridized carbons (Fsp3) is 0.217. The molecule has 0 saturated heterocycles. The van der Waals surface area contributed by atoms with E-state index in [1.165, 1.54) is 5.56 Å². The second-order valence-electron chi connectivity index (χ2n) is 7.08. The summed E-state index contributed by atoms with van der Waals surface area (Å²) in [6.07, 6.45) is 0. The molecule has 154 valence electrons. The molecule has 3 aromatic rings. The second kappa shape index (κ2) is 9.93. The first-order chi connectivity index (χ1) is 14.4. The third kappa shape index (κ3) is 6.09. The molecule has 7 heteroatoms. The Kier molecular flexibility index (Phi) is 7.08. The van der Waals surface area contributed by atoms with Crippen LogP contribution in [0, 0.1) is 27.7 Å². The molecule has 0 amide bonds. The number of hydrogen-bond donors (Lipinski definition) is 3. The summed E-state index contributed by atoms with van der Waals surface area (Å²) >= 11 is 5.53. The first-order valence-electron chi connectivity index (χ1n) is 9.72. The number of guanidine groups is 1. The number of aliphatic imine (C=N–C) groups is 1. The zero-order valence-electron chi connectivity index (χ0n) is 17.7. The Morgan fingerprint density at radius 1 is 0.900 bits per heavy atom. The normalized spacial score (nSPS) is 11.1. The van der Waals surface area contributed by atoms with Gasteiger partial charge in [-0.05, 0) is 68.7 Å². The van der Waals surface area contributed by atoms with Crippen LogP contribution < -0.4 is 16.0 Å². The van der Waals surface area contributed by atoms with E-state index in [2.05, 4.69) is 50.8 Å². The molecule has 1 aromatic heterocycles. The number of rotatable bonds is 4. The van der Waals surface area contributed by atoms with Gasteiger partial charge in [0.2, 0.25) is 11.9 Å². The minimum Gasteiger partial charge on any atom is -0.332 e.